The summed E-state index contributed by atoms with van der Waals surface area (Å²) in [4.78, 5) is 11.1. The molecule has 1 aliphatic heterocycles. The fraction of sp³-hybridized carbons (Fsp3) is 0.429. The summed E-state index contributed by atoms with van der Waals surface area (Å²) in [5.41, 5.74) is 1.83. The number of carbonyl (C=O) groups excluding carboxylic acids is 1. The Labute approximate surface area is 107 Å². The Hall–Kier alpha value is -1.86. The molecule has 2 rings (SSSR count). The van der Waals surface area contributed by atoms with Gasteiger partial charge in [-0.1, -0.05) is 12.1 Å². The molecule has 1 heterocycles. The standard InChI is InChI=1S/C14H17N3O/c1-10(12-4-2-11(8-15)3-5-12)17-13-6-7-14(18)16-9-13/h2-5,10,13,17H,6-7,9H2,1H3,(H,16,18). The van der Waals surface area contributed by atoms with Gasteiger partial charge in [0.1, 0.15) is 0 Å². The Bertz CT molecular complexity index is 451. The van der Waals surface area contributed by atoms with Crippen molar-refractivity contribution in [3.63, 3.8) is 0 Å². The molecule has 2 atom stereocenters. The number of carbonyl (C=O) groups is 1. The van der Waals surface area contributed by atoms with Gasteiger partial charge < -0.3 is 10.6 Å². The van der Waals surface area contributed by atoms with Crippen LogP contribution in [0, 0.1) is 11.3 Å². The van der Waals surface area contributed by atoms with Gasteiger partial charge in [-0.2, -0.15) is 5.26 Å². The number of nitrogens with one attached hydrogen (secondary N) is 2. The van der Waals surface area contributed by atoms with E-state index in [1.165, 1.54) is 0 Å². The molecule has 2 N–H and O–H groups in total. The van der Waals surface area contributed by atoms with Crippen LogP contribution in [0.2, 0.25) is 0 Å². The molecule has 1 aromatic carbocycles. The van der Waals surface area contributed by atoms with E-state index in [0.29, 0.717) is 24.6 Å². The lowest BCUT2D eigenvalue weighted by Gasteiger charge is -2.27. The van der Waals surface area contributed by atoms with Gasteiger partial charge in [-0.15, -0.1) is 0 Å². The summed E-state index contributed by atoms with van der Waals surface area (Å²) in [5.74, 6) is 0.138. The van der Waals surface area contributed by atoms with Crippen molar-refractivity contribution < 1.29 is 4.79 Å². The second-order valence-electron chi connectivity index (χ2n) is 4.66. The van der Waals surface area contributed by atoms with Crippen LogP contribution in [-0.4, -0.2) is 18.5 Å². The Morgan fingerprint density at radius 2 is 2.17 bits per heavy atom. The van der Waals surface area contributed by atoms with Crippen LogP contribution in [0.1, 0.15) is 36.9 Å². The fourth-order valence-corrected chi connectivity index (χ4v) is 2.17. The van der Waals surface area contributed by atoms with Gasteiger partial charge in [0, 0.05) is 25.0 Å². The first-order valence-electron chi connectivity index (χ1n) is 6.22. The number of nitrogens with zero attached hydrogens (tertiary/aromatic N) is 1. The molecule has 1 aliphatic rings. The van der Waals surface area contributed by atoms with Crippen molar-refractivity contribution in [1.29, 1.82) is 5.26 Å². The summed E-state index contributed by atoms with van der Waals surface area (Å²) in [6, 6.07) is 10.3. The number of benzene rings is 1. The molecule has 0 bridgehead atoms. The summed E-state index contributed by atoms with van der Waals surface area (Å²) >= 11 is 0. The highest BCUT2D eigenvalue weighted by Crippen LogP contribution is 2.15. The molecular weight excluding hydrogens is 226 g/mol. The predicted octanol–water partition coefficient (Wildman–Crippen LogP) is 1.49. The third-order valence-electron chi connectivity index (χ3n) is 3.29. The van der Waals surface area contributed by atoms with Gasteiger partial charge in [0.25, 0.3) is 0 Å². The van der Waals surface area contributed by atoms with Crippen LogP contribution in [0.15, 0.2) is 24.3 Å². The zero-order valence-electron chi connectivity index (χ0n) is 10.4. The summed E-state index contributed by atoms with van der Waals surface area (Å²) in [6.07, 6.45) is 1.48. The largest absolute Gasteiger partial charge is 0.355 e. The van der Waals surface area contributed by atoms with Crippen molar-refractivity contribution in [3.8, 4) is 6.07 Å². The third kappa shape index (κ3) is 3.08. The Kier molecular flexibility index (Phi) is 3.96. The summed E-state index contributed by atoms with van der Waals surface area (Å²) in [5, 5.41) is 15.1. The van der Waals surface area contributed by atoms with Gasteiger partial charge in [-0.05, 0) is 31.0 Å². The molecule has 0 aliphatic carbocycles. The van der Waals surface area contributed by atoms with Crippen LogP contribution in [0.4, 0.5) is 0 Å². The lowest BCUT2D eigenvalue weighted by Crippen LogP contribution is -2.46. The minimum absolute atomic E-state index is 0.138. The molecule has 4 nitrogen and oxygen atoms in total. The highest BCUT2D eigenvalue weighted by Gasteiger charge is 2.19. The highest BCUT2D eigenvalue weighted by atomic mass is 16.1. The van der Waals surface area contributed by atoms with Crippen molar-refractivity contribution in [2.75, 3.05) is 6.54 Å². The Morgan fingerprint density at radius 1 is 1.44 bits per heavy atom. The van der Waals surface area contributed by atoms with E-state index in [4.69, 9.17) is 5.26 Å². The van der Waals surface area contributed by atoms with Crippen molar-refractivity contribution in [2.45, 2.75) is 31.8 Å². The maximum absolute atomic E-state index is 11.1. The first kappa shape index (κ1) is 12.6. The van der Waals surface area contributed by atoms with Crippen molar-refractivity contribution in [2.24, 2.45) is 0 Å². The van der Waals surface area contributed by atoms with E-state index >= 15 is 0 Å². The summed E-state index contributed by atoms with van der Waals surface area (Å²) in [7, 11) is 0. The molecular formula is C14H17N3O. The van der Waals surface area contributed by atoms with Crippen molar-refractivity contribution >= 4 is 5.91 Å². The van der Waals surface area contributed by atoms with E-state index in [9.17, 15) is 4.79 Å². The lowest BCUT2D eigenvalue weighted by atomic mass is 10.0. The van der Waals surface area contributed by atoms with E-state index in [2.05, 4.69) is 23.6 Å². The zero-order valence-corrected chi connectivity index (χ0v) is 10.4. The molecule has 1 saturated heterocycles. The van der Waals surface area contributed by atoms with E-state index < -0.39 is 0 Å². The van der Waals surface area contributed by atoms with Gasteiger partial charge in [-0.25, -0.2) is 0 Å². The van der Waals surface area contributed by atoms with Crippen LogP contribution in [0.3, 0.4) is 0 Å². The number of rotatable bonds is 3. The van der Waals surface area contributed by atoms with Crippen molar-refractivity contribution in [3.05, 3.63) is 35.4 Å². The molecule has 18 heavy (non-hydrogen) atoms. The SMILES string of the molecule is CC(NC1CCC(=O)NC1)c1ccc(C#N)cc1. The normalized spacial score (nSPS) is 20.9. The number of piperidine rings is 1. The predicted molar refractivity (Wildman–Crippen MR) is 68.7 cm³/mol. The van der Waals surface area contributed by atoms with Gasteiger partial charge >= 0.3 is 0 Å². The van der Waals surface area contributed by atoms with Gasteiger partial charge in [-0.3, -0.25) is 4.79 Å². The smallest absolute Gasteiger partial charge is 0.220 e. The average Bonchev–Trinajstić information content (AvgIpc) is 2.41. The average molecular weight is 243 g/mol. The highest BCUT2D eigenvalue weighted by molar-refractivity contribution is 5.76. The molecule has 1 fully saturated rings. The maximum atomic E-state index is 11.1. The fourth-order valence-electron chi connectivity index (χ4n) is 2.17. The van der Waals surface area contributed by atoms with Crippen LogP contribution in [0.25, 0.3) is 0 Å². The number of nitriles is 1. The van der Waals surface area contributed by atoms with Crippen molar-refractivity contribution in [1.82, 2.24) is 10.6 Å². The lowest BCUT2D eigenvalue weighted by molar-refractivity contribution is -0.122. The molecule has 4 heteroatoms. The molecule has 0 spiro atoms. The van der Waals surface area contributed by atoms with E-state index in [-0.39, 0.29) is 11.9 Å². The third-order valence-corrected chi connectivity index (χ3v) is 3.29. The van der Waals surface area contributed by atoms with E-state index in [1.54, 1.807) is 0 Å². The van der Waals surface area contributed by atoms with Crippen LogP contribution < -0.4 is 10.6 Å². The molecule has 0 radical (unpaired) electrons. The number of hydrogen-bond donors (Lipinski definition) is 2. The molecule has 1 amide bonds. The number of hydrogen-bond acceptors (Lipinski definition) is 3. The second kappa shape index (κ2) is 5.65. The molecule has 2 unspecified atom stereocenters. The quantitative estimate of drug-likeness (QED) is 0.845. The Balaban J connectivity index is 1.92. The summed E-state index contributed by atoms with van der Waals surface area (Å²) in [6.45, 7) is 2.79. The molecule has 1 aromatic rings. The van der Waals surface area contributed by atoms with E-state index in [1.807, 2.05) is 24.3 Å². The topological polar surface area (TPSA) is 64.9 Å². The van der Waals surface area contributed by atoms with Gasteiger partial charge in [0.15, 0.2) is 0 Å². The second-order valence-corrected chi connectivity index (χ2v) is 4.66. The zero-order chi connectivity index (χ0) is 13.0. The number of amides is 1. The van der Waals surface area contributed by atoms with Crippen LogP contribution >= 0.6 is 0 Å². The maximum Gasteiger partial charge on any atom is 0.220 e. The first-order valence-corrected chi connectivity index (χ1v) is 6.22. The van der Waals surface area contributed by atoms with Crippen LogP contribution in [0.5, 0.6) is 0 Å². The minimum Gasteiger partial charge on any atom is -0.355 e. The van der Waals surface area contributed by atoms with Gasteiger partial charge in [0.2, 0.25) is 5.91 Å². The van der Waals surface area contributed by atoms with Gasteiger partial charge in [0.05, 0.1) is 11.6 Å². The van der Waals surface area contributed by atoms with E-state index in [0.717, 1.165) is 12.0 Å². The monoisotopic (exact) mass is 243 g/mol. The molecule has 0 saturated carbocycles. The first-order chi connectivity index (χ1) is 8.69. The molecule has 0 aromatic heterocycles. The Morgan fingerprint density at radius 3 is 2.72 bits per heavy atom. The van der Waals surface area contributed by atoms with Crippen LogP contribution in [-0.2, 0) is 4.79 Å². The minimum atomic E-state index is 0.138. The summed E-state index contributed by atoms with van der Waals surface area (Å²) < 4.78 is 0. The molecule has 94 valence electrons.